The second-order valence-corrected chi connectivity index (χ2v) is 8.18. The molecule has 0 radical (unpaired) electrons. The molecule has 1 aliphatic heterocycles. The van der Waals surface area contributed by atoms with Gasteiger partial charge in [-0.1, -0.05) is 42.5 Å². The number of primary amides is 1. The van der Waals surface area contributed by atoms with Gasteiger partial charge in [-0.15, -0.1) is 0 Å². The first-order chi connectivity index (χ1) is 16.1. The molecule has 1 saturated heterocycles. The zero-order chi connectivity index (χ0) is 22.8. The van der Waals surface area contributed by atoms with E-state index in [0.29, 0.717) is 23.4 Å². The molecule has 2 aromatic carbocycles. The van der Waals surface area contributed by atoms with Crippen LogP contribution in [0.1, 0.15) is 28.8 Å². The molecule has 0 aliphatic carbocycles. The summed E-state index contributed by atoms with van der Waals surface area (Å²) in [4.78, 5) is 31.2. The van der Waals surface area contributed by atoms with E-state index in [1.165, 1.54) is 6.20 Å². The van der Waals surface area contributed by atoms with Gasteiger partial charge in [-0.25, -0.2) is 9.50 Å². The van der Waals surface area contributed by atoms with Crippen molar-refractivity contribution in [2.24, 2.45) is 5.73 Å². The van der Waals surface area contributed by atoms with Crippen LogP contribution in [0.3, 0.4) is 0 Å². The van der Waals surface area contributed by atoms with E-state index >= 15 is 0 Å². The summed E-state index contributed by atoms with van der Waals surface area (Å²) in [7, 11) is 0. The van der Waals surface area contributed by atoms with Crippen LogP contribution in [-0.2, 0) is 11.3 Å². The van der Waals surface area contributed by atoms with E-state index < -0.39 is 0 Å². The van der Waals surface area contributed by atoms with Gasteiger partial charge >= 0.3 is 0 Å². The Morgan fingerprint density at radius 1 is 1.09 bits per heavy atom. The summed E-state index contributed by atoms with van der Waals surface area (Å²) in [5.74, 6) is -0.566. The minimum absolute atomic E-state index is 0.230. The smallest absolute Gasteiger partial charge is 0.261 e. The predicted octanol–water partition coefficient (Wildman–Crippen LogP) is 3.10. The lowest BCUT2D eigenvalue weighted by Crippen LogP contribution is -2.39. The third-order valence-corrected chi connectivity index (χ3v) is 5.98. The van der Waals surface area contributed by atoms with E-state index in [4.69, 9.17) is 5.73 Å². The lowest BCUT2D eigenvalue weighted by atomic mass is 10.1. The van der Waals surface area contributed by atoms with Gasteiger partial charge in [0.25, 0.3) is 5.91 Å². The number of amides is 2. The van der Waals surface area contributed by atoms with Crippen LogP contribution in [0.25, 0.3) is 16.9 Å². The Morgan fingerprint density at radius 2 is 1.94 bits per heavy atom. The van der Waals surface area contributed by atoms with Gasteiger partial charge in [-0.3, -0.25) is 14.5 Å². The first-order valence-electron chi connectivity index (χ1n) is 10.9. The number of carbonyl (C=O) groups is 2. The number of hydrogen-bond acceptors (Lipinski definition) is 5. The Balaban J connectivity index is 1.36. The van der Waals surface area contributed by atoms with Crippen LogP contribution in [0, 0.1) is 0 Å². The molecule has 4 aromatic rings. The minimum atomic E-state index is -0.285. The van der Waals surface area contributed by atoms with Crippen LogP contribution in [0.15, 0.2) is 73.1 Å². The van der Waals surface area contributed by atoms with Crippen molar-refractivity contribution in [3.05, 3.63) is 84.2 Å². The number of carbonyl (C=O) groups excluding carboxylic acids is 2. The highest BCUT2D eigenvalue weighted by Crippen LogP contribution is 2.23. The van der Waals surface area contributed by atoms with Crippen LogP contribution < -0.4 is 11.1 Å². The van der Waals surface area contributed by atoms with Crippen LogP contribution in [0.5, 0.6) is 0 Å². The number of likely N-dealkylation sites (tertiary alicyclic amines) is 1. The molecule has 3 N–H and O–H groups in total. The first-order valence-corrected chi connectivity index (χ1v) is 10.9. The predicted molar refractivity (Wildman–Crippen MR) is 125 cm³/mol. The Bertz CT molecular complexity index is 1320. The highest BCUT2D eigenvalue weighted by atomic mass is 16.2. The average molecular weight is 441 g/mol. The summed E-state index contributed by atoms with van der Waals surface area (Å²) in [6.07, 6.45) is 4.97. The second-order valence-electron chi connectivity index (χ2n) is 8.18. The molecule has 2 aromatic heterocycles. The van der Waals surface area contributed by atoms with Gasteiger partial charge in [-0.05, 0) is 43.1 Å². The maximum absolute atomic E-state index is 13.1. The Morgan fingerprint density at radius 3 is 2.76 bits per heavy atom. The van der Waals surface area contributed by atoms with Crippen molar-refractivity contribution in [1.29, 1.82) is 0 Å². The molecule has 8 heteroatoms. The average Bonchev–Trinajstić information content (AvgIpc) is 3.47. The van der Waals surface area contributed by atoms with Crippen molar-refractivity contribution in [2.45, 2.75) is 25.4 Å². The molecule has 1 fully saturated rings. The van der Waals surface area contributed by atoms with Gasteiger partial charge in [0.1, 0.15) is 5.56 Å². The fraction of sp³-hybridized carbons (Fsp3) is 0.200. The van der Waals surface area contributed by atoms with E-state index in [2.05, 4.69) is 20.3 Å². The largest absolute Gasteiger partial charge is 0.368 e. The van der Waals surface area contributed by atoms with Crippen LogP contribution in [0.2, 0.25) is 0 Å². The maximum atomic E-state index is 13.1. The van der Waals surface area contributed by atoms with E-state index in [1.54, 1.807) is 10.7 Å². The minimum Gasteiger partial charge on any atom is -0.368 e. The molecule has 3 heterocycles. The van der Waals surface area contributed by atoms with Gasteiger partial charge in [0.2, 0.25) is 5.91 Å². The van der Waals surface area contributed by atoms with Gasteiger partial charge in [0.15, 0.2) is 5.65 Å². The Labute approximate surface area is 191 Å². The first kappa shape index (κ1) is 20.8. The maximum Gasteiger partial charge on any atom is 0.261 e. The van der Waals surface area contributed by atoms with Crippen molar-refractivity contribution >= 4 is 23.1 Å². The highest BCUT2D eigenvalue weighted by molar-refractivity contribution is 6.08. The third-order valence-electron chi connectivity index (χ3n) is 5.98. The number of fused-ring (bicyclic) bond motifs is 1. The van der Waals surface area contributed by atoms with Crippen molar-refractivity contribution < 1.29 is 9.59 Å². The zero-order valence-electron chi connectivity index (χ0n) is 18.0. The molecule has 0 saturated carbocycles. The number of hydrogen-bond donors (Lipinski definition) is 2. The van der Waals surface area contributed by atoms with Crippen LogP contribution in [-0.4, -0.2) is 43.9 Å². The SMILES string of the molecule is NC(=O)C1CCCN1Cc1cccc(NC(=O)c2cnn3c(-c4ccccc4)ccnc23)c1. The van der Waals surface area contributed by atoms with Gasteiger partial charge in [-0.2, -0.15) is 5.10 Å². The molecular weight excluding hydrogens is 416 g/mol. The number of nitrogens with zero attached hydrogens (tertiary/aromatic N) is 4. The summed E-state index contributed by atoms with van der Waals surface area (Å²) in [6.45, 7) is 1.44. The molecule has 8 nitrogen and oxygen atoms in total. The summed E-state index contributed by atoms with van der Waals surface area (Å²) in [5.41, 5.74) is 9.94. The molecule has 1 aliphatic rings. The van der Waals surface area contributed by atoms with Crippen molar-refractivity contribution in [3.63, 3.8) is 0 Å². The van der Waals surface area contributed by atoms with Crippen molar-refractivity contribution in [3.8, 4) is 11.3 Å². The molecule has 1 unspecified atom stereocenters. The third kappa shape index (κ3) is 4.20. The lowest BCUT2D eigenvalue weighted by molar-refractivity contribution is -0.122. The topological polar surface area (TPSA) is 106 Å². The van der Waals surface area contributed by atoms with Gasteiger partial charge < -0.3 is 11.1 Å². The Kier molecular flexibility index (Phi) is 5.58. The van der Waals surface area contributed by atoms with Crippen LogP contribution in [0.4, 0.5) is 5.69 Å². The van der Waals surface area contributed by atoms with E-state index in [0.717, 1.165) is 36.2 Å². The molecule has 2 amide bonds. The lowest BCUT2D eigenvalue weighted by Gasteiger charge is -2.22. The van der Waals surface area contributed by atoms with E-state index in [-0.39, 0.29) is 17.9 Å². The summed E-state index contributed by atoms with van der Waals surface area (Å²) >= 11 is 0. The summed E-state index contributed by atoms with van der Waals surface area (Å²) in [6, 6.07) is 19.1. The summed E-state index contributed by atoms with van der Waals surface area (Å²) < 4.78 is 1.68. The summed E-state index contributed by atoms with van der Waals surface area (Å²) in [5, 5.41) is 7.36. The number of nitrogens with one attached hydrogen (secondary N) is 1. The standard InChI is InChI=1S/C25H24N6O2/c26-23(32)22-10-5-13-30(22)16-17-6-4-9-19(14-17)29-25(33)20-15-28-31-21(11-12-27-24(20)31)18-7-2-1-3-8-18/h1-4,6-9,11-12,14-15,22H,5,10,13,16H2,(H2,26,32)(H,29,33). The molecule has 0 bridgehead atoms. The quantitative estimate of drug-likeness (QED) is 0.479. The number of nitrogens with two attached hydrogens (primary N) is 1. The molecule has 0 spiro atoms. The van der Waals surface area contributed by atoms with E-state index in [9.17, 15) is 9.59 Å². The second kappa shape index (κ2) is 8.84. The molecular formula is C25H24N6O2. The molecule has 1 atom stereocenters. The monoisotopic (exact) mass is 440 g/mol. The number of benzene rings is 2. The Hall–Kier alpha value is -4.04. The molecule has 166 valence electrons. The van der Waals surface area contributed by atoms with Gasteiger partial charge in [0.05, 0.1) is 17.9 Å². The zero-order valence-corrected chi connectivity index (χ0v) is 18.0. The number of anilines is 1. The van der Waals surface area contributed by atoms with Crippen molar-refractivity contribution in [1.82, 2.24) is 19.5 Å². The highest BCUT2D eigenvalue weighted by Gasteiger charge is 2.28. The number of aromatic nitrogens is 3. The fourth-order valence-electron chi connectivity index (χ4n) is 4.40. The van der Waals surface area contributed by atoms with Crippen LogP contribution >= 0.6 is 0 Å². The fourth-order valence-corrected chi connectivity index (χ4v) is 4.40. The van der Waals surface area contributed by atoms with Crippen molar-refractivity contribution in [2.75, 3.05) is 11.9 Å². The number of rotatable bonds is 6. The normalized spacial score (nSPS) is 16.2. The van der Waals surface area contributed by atoms with Gasteiger partial charge in [0, 0.05) is 24.0 Å². The van der Waals surface area contributed by atoms with E-state index in [1.807, 2.05) is 60.7 Å². The molecule has 5 rings (SSSR count). The molecule has 33 heavy (non-hydrogen) atoms.